The van der Waals surface area contributed by atoms with Gasteiger partial charge in [-0.25, -0.2) is 0 Å². The summed E-state index contributed by atoms with van der Waals surface area (Å²) in [6.07, 6.45) is -0.795. The topological polar surface area (TPSA) is 150 Å². The van der Waals surface area contributed by atoms with Crippen LogP contribution in [0.1, 0.15) is 11.7 Å². The first-order chi connectivity index (χ1) is 7.92. The molecule has 7 nitrogen and oxygen atoms in total. The molecule has 0 aliphatic rings. The highest BCUT2D eigenvalue weighted by molar-refractivity contribution is 5.68. The van der Waals surface area contributed by atoms with Crippen molar-refractivity contribution in [2.75, 3.05) is 13.1 Å². The maximum atomic E-state index is 9.24. The third kappa shape index (κ3) is 5.71. The Balaban J connectivity index is 0.000000437. The van der Waals surface area contributed by atoms with E-state index in [1.165, 1.54) is 18.2 Å². The third-order valence-electron chi connectivity index (χ3n) is 1.78. The Bertz CT molecular complexity index is 370. The molecule has 0 bridgehead atoms. The van der Waals surface area contributed by atoms with E-state index in [1.807, 2.05) is 0 Å². The molecule has 0 heterocycles. The molecule has 0 aliphatic carbocycles. The van der Waals surface area contributed by atoms with Crippen molar-refractivity contribution in [3.05, 3.63) is 23.8 Å². The monoisotopic (exact) mass is 244 g/mol. The van der Waals surface area contributed by atoms with Crippen LogP contribution in [0.15, 0.2) is 18.2 Å². The number of hydrogen-bond donors (Lipinski definition) is 6. The Hall–Kier alpha value is -1.83. The largest absolute Gasteiger partial charge is 0.504 e. The predicted molar refractivity (Wildman–Crippen MR) is 60.5 cm³/mol. The lowest BCUT2D eigenvalue weighted by atomic mass is 10.1. The van der Waals surface area contributed by atoms with Crippen LogP contribution in [0.3, 0.4) is 0 Å². The smallest absolute Gasteiger partial charge is 0.317 e. The fourth-order valence-electron chi connectivity index (χ4n) is 0.884. The van der Waals surface area contributed by atoms with Crippen LogP contribution in [-0.4, -0.2) is 39.5 Å². The van der Waals surface area contributed by atoms with Gasteiger partial charge in [0.2, 0.25) is 0 Å². The van der Waals surface area contributed by atoms with E-state index in [-0.39, 0.29) is 24.6 Å². The summed E-state index contributed by atoms with van der Waals surface area (Å²) in [7, 11) is 0. The van der Waals surface area contributed by atoms with Crippen LogP contribution in [0.4, 0.5) is 0 Å². The highest BCUT2D eigenvalue weighted by atomic mass is 16.4. The molecular formula is C10H16N2O5. The zero-order valence-corrected chi connectivity index (χ0v) is 9.08. The summed E-state index contributed by atoms with van der Waals surface area (Å²) >= 11 is 0. The van der Waals surface area contributed by atoms with Gasteiger partial charge < -0.3 is 31.9 Å². The second-order valence-electron chi connectivity index (χ2n) is 3.10. The molecule has 0 saturated heterocycles. The quantitative estimate of drug-likeness (QED) is 0.378. The van der Waals surface area contributed by atoms with Gasteiger partial charge in [-0.3, -0.25) is 4.79 Å². The van der Waals surface area contributed by atoms with Crippen LogP contribution in [0.5, 0.6) is 11.5 Å². The van der Waals surface area contributed by atoms with Crippen molar-refractivity contribution in [3.63, 3.8) is 0 Å². The number of hydrogen-bond acceptors (Lipinski definition) is 6. The molecule has 0 radical (unpaired) electrons. The van der Waals surface area contributed by atoms with E-state index in [9.17, 15) is 9.90 Å². The van der Waals surface area contributed by atoms with Gasteiger partial charge in [-0.1, -0.05) is 6.07 Å². The van der Waals surface area contributed by atoms with Gasteiger partial charge in [-0.2, -0.15) is 0 Å². The van der Waals surface area contributed by atoms with E-state index in [0.29, 0.717) is 5.56 Å². The van der Waals surface area contributed by atoms with Gasteiger partial charge >= 0.3 is 5.97 Å². The number of carboxylic acids is 1. The van der Waals surface area contributed by atoms with Gasteiger partial charge in [-0.05, 0) is 17.7 Å². The highest BCUT2D eigenvalue weighted by Crippen LogP contribution is 2.27. The number of carbonyl (C=O) groups is 1. The number of carboxylic acid groups (broad SMARTS) is 1. The van der Waals surface area contributed by atoms with Crippen molar-refractivity contribution in [2.24, 2.45) is 11.5 Å². The number of rotatable bonds is 3. The minimum atomic E-state index is -0.968. The van der Waals surface area contributed by atoms with Crippen molar-refractivity contribution in [1.82, 2.24) is 0 Å². The first-order valence-corrected chi connectivity index (χ1v) is 4.74. The van der Waals surface area contributed by atoms with E-state index in [1.54, 1.807) is 0 Å². The lowest BCUT2D eigenvalue weighted by Gasteiger charge is -2.08. The molecule has 0 spiro atoms. The molecule has 8 N–H and O–H groups in total. The van der Waals surface area contributed by atoms with E-state index >= 15 is 0 Å². The van der Waals surface area contributed by atoms with Crippen LogP contribution >= 0.6 is 0 Å². The van der Waals surface area contributed by atoms with Crippen LogP contribution in [0.2, 0.25) is 0 Å². The van der Waals surface area contributed by atoms with Gasteiger partial charge in [0.05, 0.1) is 12.6 Å². The Morgan fingerprint density at radius 3 is 2.12 bits per heavy atom. The molecule has 1 rings (SSSR count). The fourth-order valence-corrected chi connectivity index (χ4v) is 0.884. The van der Waals surface area contributed by atoms with Crippen molar-refractivity contribution in [2.45, 2.75) is 6.10 Å². The number of aliphatic hydroxyl groups is 1. The Labute approximate surface area is 97.9 Å². The molecule has 0 aromatic heterocycles. The molecule has 1 aromatic carbocycles. The highest BCUT2D eigenvalue weighted by Gasteiger charge is 2.07. The molecule has 0 amide bonds. The Morgan fingerprint density at radius 2 is 1.76 bits per heavy atom. The van der Waals surface area contributed by atoms with Crippen LogP contribution < -0.4 is 11.5 Å². The summed E-state index contributed by atoms with van der Waals surface area (Å²) in [5, 5.41) is 34.8. The average Bonchev–Trinajstić information content (AvgIpc) is 2.32. The second kappa shape index (κ2) is 7.44. The summed E-state index contributed by atoms with van der Waals surface area (Å²) in [6, 6.07) is 4.10. The second-order valence-corrected chi connectivity index (χ2v) is 3.10. The summed E-state index contributed by atoms with van der Waals surface area (Å²) in [6.45, 7) is -0.190. The standard InChI is InChI=1S/C8H11NO3.C2H5NO2/c9-4-8(12)5-1-2-6(10)7(11)3-5;3-1-2(4)5/h1-3,8,10-12H,4,9H2;1,3H2,(H,4,5)/t8-;/m0./s1. The van der Waals surface area contributed by atoms with Gasteiger partial charge in [0.15, 0.2) is 11.5 Å². The normalized spacial score (nSPS) is 11.2. The molecule has 0 aliphatic heterocycles. The zero-order valence-electron chi connectivity index (χ0n) is 9.08. The maximum absolute atomic E-state index is 9.24. The molecule has 7 heteroatoms. The summed E-state index contributed by atoms with van der Waals surface area (Å²) in [5.41, 5.74) is 10.3. The maximum Gasteiger partial charge on any atom is 0.317 e. The van der Waals surface area contributed by atoms with Gasteiger partial charge in [0.1, 0.15) is 0 Å². The number of aliphatic carboxylic acids is 1. The lowest BCUT2D eigenvalue weighted by molar-refractivity contribution is -0.135. The Kier molecular flexibility index (Phi) is 6.64. The zero-order chi connectivity index (χ0) is 13.4. The number of benzene rings is 1. The molecular weight excluding hydrogens is 228 g/mol. The number of phenols is 2. The SMILES string of the molecule is NCC(=O)O.NC[C@H](O)c1ccc(O)c(O)c1. The van der Waals surface area contributed by atoms with Crippen LogP contribution in [-0.2, 0) is 4.79 Å². The number of aromatic hydroxyl groups is 2. The number of nitrogens with two attached hydrogens (primary N) is 2. The lowest BCUT2D eigenvalue weighted by Crippen LogP contribution is -2.11. The van der Waals surface area contributed by atoms with Crippen molar-refractivity contribution in [1.29, 1.82) is 0 Å². The van der Waals surface area contributed by atoms with Crippen LogP contribution in [0.25, 0.3) is 0 Å². The average molecular weight is 244 g/mol. The first kappa shape index (κ1) is 15.2. The molecule has 96 valence electrons. The van der Waals surface area contributed by atoms with Gasteiger partial charge in [0.25, 0.3) is 0 Å². The molecule has 1 aromatic rings. The molecule has 1 atom stereocenters. The van der Waals surface area contributed by atoms with Crippen molar-refractivity contribution >= 4 is 5.97 Å². The summed E-state index contributed by atoms with van der Waals surface area (Å²) in [5.74, 6) is -1.42. The Morgan fingerprint density at radius 1 is 1.24 bits per heavy atom. The van der Waals surface area contributed by atoms with E-state index in [0.717, 1.165) is 0 Å². The predicted octanol–water partition coefficient (Wildman–Crippen LogP) is -0.880. The fraction of sp³-hybridized carbons (Fsp3) is 0.300. The molecule has 0 fully saturated rings. The van der Waals surface area contributed by atoms with E-state index < -0.39 is 12.1 Å². The van der Waals surface area contributed by atoms with Gasteiger partial charge in [0, 0.05) is 6.54 Å². The van der Waals surface area contributed by atoms with Crippen molar-refractivity contribution in [3.8, 4) is 11.5 Å². The van der Waals surface area contributed by atoms with Crippen LogP contribution in [0, 0.1) is 0 Å². The van der Waals surface area contributed by atoms with E-state index in [4.69, 9.17) is 21.1 Å². The molecule has 0 unspecified atom stereocenters. The molecule has 17 heavy (non-hydrogen) atoms. The van der Waals surface area contributed by atoms with E-state index in [2.05, 4.69) is 5.73 Å². The minimum Gasteiger partial charge on any atom is -0.504 e. The first-order valence-electron chi connectivity index (χ1n) is 4.74. The summed E-state index contributed by atoms with van der Waals surface area (Å²) in [4.78, 5) is 9.24. The molecule has 0 saturated carbocycles. The summed E-state index contributed by atoms with van der Waals surface area (Å²) < 4.78 is 0. The number of phenolic OH excluding ortho intramolecular Hbond substituents is 2. The van der Waals surface area contributed by atoms with Gasteiger partial charge in [-0.15, -0.1) is 0 Å². The minimum absolute atomic E-state index is 0.0875. The van der Waals surface area contributed by atoms with Crippen molar-refractivity contribution < 1.29 is 25.2 Å². The number of aliphatic hydroxyl groups excluding tert-OH is 1. The third-order valence-corrected chi connectivity index (χ3v) is 1.78.